The van der Waals surface area contributed by atoms with Crippen LogP contribution in [0.2, 0.25) is 5.02 Å². The molecule has 0 aliphatic rings. The molecule has 1 aromatic rings. The SMILES string of the molecule is CCCN(CCO)c1ncccc1Cl. The van der Waals surface area contributed by atoms with Crippen LogP contribution < -0.4 is 4.90 Å². The third-order valence-electron chi connectivity index (χ3n) is 1.90. The lowest BCUT2D eigenvalue weighted by molar-refractivity contribution is 0.301. The van der Waals surface area contributed by atoms with E-state index in [0.717, 1.165) is 18.8 Å². The summed E-state index contributed by atoms with van der Waals surface area (Å²) in [6.45, 7) is 3.63. The van der Waals surface area contributed by atoms with Crippen LogP contribution in [0, 0.1) is 0 Å². The van der Waals surface area contributed by atoms with Crippen LogP contribution in [0.5, 0.6) is 0 Å². The lowest BCUT2D eigenvalue weighted by Gasteiger charge is -2.22. The Morgan fingerprint density at radius 3 is 2.86 bits per heavy atom. The first-order chi connectivity index (χ1) is 6.79. The Balaban J connectivity index is 2.81. The molecule has 3 nitrogen and oxygen atoms in total. The molecule has 4 heteroatoms. The van der Waals surface area contributed by atoms with Gasteiger partial charge in [-0.25, -0.2) is 4.98 Å². The minimum Gasteiger partial charge on any atom is -0.395 e. The third kappa shape index (κ3) is 2.86. The van der Waals surface area contributed by atoms with Gasteiger partial charge < -0.3 is 10.0 Å². The van der Waals surface area contributed by atoms with Gasteiger partial charge in [0.2, 0.25) is 0 Å². The molecule has 0 bridgehead atoms. The van der Waals surface area contributed by atoms with Gasteiger partial charge in [-0.05, 0) is 18.6 Å². The summed E-state index contributed by atoms with van der Waals surface area (Å²) < 4.78 is 0. The maximum Gasteiger partial charge on any atom is 0.147 e. The molecule has 0 radical (unpaired) electrons. The van der Waals surface area contributed by atoms with Crippen LogP contribution in [0.15, 0.2) is 18.3 Å². The van der Waals surface area contributed by atoms with Crippen molar-refractivity contribution in [2.24, 2.45) is 0 Å². The topological polar surface area (TPSA) is 36.4 Å². The van der Waals surface area contributed by atoms with E-state index in [-0.39, 0.29) is 6.61 Å². The Labute approximate surface area is 89.3 Å². The molecule has 78 valence electrons. The van der Waals surface area contributed by atoms with Crippen molar-refractivity contribution in [2.45, 2.75) is 13.3 Å². The van der Waals surface area contributed by atoms with Gasteiger partial charge in [0.15, 0.2) is 0 Å². The van der Waals surface area contributed by atoms with Gasteiger partial charge in [0.1, 0.15) is 5.82 Å². The van der Waals surface area contributed by atoms with Crippen LogP contribution >= 0.6 is 11.6 Å². The number of hydrogen-bond acceptors (Lipinski definition) is 3. The highest BCUT2D eigenvalue weighted by Gasteiger charge is 2.09. The van der Waals surface area contributed by atoms with Crippen LogP contribution in [0.1, 0.15) is 13.3 Å². The molecule has 0 aliphatic heterocycles. The maximum atomic E-state index is 8.90. The normalized spacial score (nSPS) is 10.2. The minimum atomic E-state index is 0.118. The molecule has 0 aliphatic carbocycles. The highest BCUT2D eigenvalue weighted by atomic mass is 35.5. The zero-order valence-electron chi connectivity index (χ0n) is 8.28. The predicted octanol–water partition coefficient (Wildman–Crippen LogP) is 1.94. The molecule has 14 heavy (non-hydrogen) atoms. The van der Waals surface area contributed by atoms with Gasteiger partial charge in [0.25, 0.3) is 0 Å². The number of nitrogens with zero attached hydrogens (tertiary/aromatic N) is 2. The molecule has 1 heterocycles. The number of aromatic nitrogens is 1. The summed E-state index contributed by atoms with van der Waals surface area (Å²) in [5.41, 5.74) is 0. The Hall–Kier alpha value is -0.800. The van der Waals surface area contributed by atoms with E-state index in [2.05, 4.69) is 11.9 Å². The van der Waals surface area contributed by atoms with Crippen LogP contribution in [0.25, 0.3) is 0 Å². The Bertz CT molecular complexity index is 275. The highest BCUT2D eigenvalue weighted by molar-refractivity contribution is 6.32. The molecular weight excluding hydrogens is 200 g/mol. The first kappa shape index (κ1) is 11.3. The Morgan fingerprint density at radius 1 is 1.50 bits per heavy atom. The lowest BCUT2D eigenvalue weighted by atomic mass is 10.3. The van der Waals surface area contributed by atoms with Crippen molar-refractivity contribution < 1.29 is 5.11 Å². The molecule has 1 aromatic heterocycles. The Morgan fingerprint density at radius 2 is 2.29 bits per heavy atom. The molecule has 1 rings (SSSR count). The molecule has 0 aromatic carbocycles. The van der Waals surface area contributed by atoms with Crippen LogP contribution in [0.3, 0.4) is 0 Å². The number of aliphatic hydroxyl groups is 1. The molecule has 0 amide bonds. The second-order valence-corrected chi connectivity index (χ2v) is 3.43. The van der Waals surface area contributed by atoms with Crippen molar-refractivity contribution >= 4 is 17.4 Å². The average Bonchev–Trinajstić information content (AvgIpc) is 2.18. The van der Waals surface area contributed by atoms with Crippen molar-refractivity contribution in [3.05, 3.63) is 23.4 Å². The molecule has 0 spiro atoms. The van der Waals surface area contributed by atoms with Gasteiger partial charge in [0.05, 0.1) is 11.6 Å². The van der Waals surface area contributed by atoms with Gasteiger partial charge in [-0.1, -0.05) is 18.5 Å². The Kier molecular flexibility index (Phi) is 4.70. The van der Waals surface area contributed by atoms with Crippen molar-refractivity contribution in [2.75, 3.05) is 24.6 Å². The van der Waals surface area contributed by atoms with Gasteiger partial charge in [-0.2, -0.15) is 0 Å². The molecule has 1 N–H and O–H groups in total. The van der Waals surface area contributed by atoms with Crippen molar-refractivity contribution in [1.82, 2.24) is 4.98 Å². The van der Waals surface area contributed by atoms with E-state index >= 15 is 0 Å². The summed E-state index contributed by atoms with van der Waals surface area (Å²) >= 11 is 6.00. The first-order valence-corrected chi connectivity index (χ1v) is 5.13. The fraction of sp³-hybridized carbons (Fsp3) is 0.500. The molecule has 0 atom stereocenters. The molecule has 0 saturated carbocycles. The highest BCUT2D eigenvalue weighted by Crippen LogP contribution is 2.21. The molecule has 0 unspecified atom stereocenters. The van der Waals surface area contributed by atoms with E-state index < -0.39 is 0 Å². The van der Waals surface area contributed by atoms with Crippen molar-refractivity contribution in [1.29, 1.82) is 0 Å². The largest absolute Gasteiger partial charge is 0.395 e. The first-order valence-electron chi connectivity index (χ1n) is 4.76. The number of halogens is 1. The van der Waals surface area contributed by atoms with E-state index in [1.165, 1.54) is 0 Å². The monoisotopic (exact) mass is 214 g/mol. The standard InChI is InChI=1S/C10H15ClN2O/c1-2-6-13(7-8-14)10-9(11)4-3-5-12-10/h3-5,14H,2,6-8H2,1H3. The molecule has 0 saturated heterocycles. The fourth-order valence-corrected chi connectivity index (χ4v) is 1.57. The minimum absolute atomic E-state index is 0.118. The van der Waals surface area contributed by atoms with Crippen LogP contribution in [-0.2, 0) is 0 Å². The second kappa shape index (κ2) is 5.83. The summed E-state index contributed by atoms with van der Waals surface area (Å²) in [5, 5.41) is 9.54. The number of rotatable bonds is 5. The quantitative estimate of drug-likeness (QED) is 0.814. The number of hydrogen-bond donors (Lipinski definition) is 1. The van der Waals surface area contributed by atoms with E-state index in [1.54, 1.807) is 12.3 Å². The summed E-state index contributed by atoms with van der Waals surface area (Å²) in [7, 11) is 0. The van der Waals surface area contributed by atoms with Gasteiger partial charge in [-0.3, -0.25) is 0 Å². The summed E-state index contributed by atoms with van der Waals surface area (Å²) in [4.78, 5) is 6.19. The number of pyridine rings is 1. The average molecular weight is 215 g/mol. The van der Waals surface area contributed by atoms with Gasteiger partial charge in [0, 0.05) is 19.3 Å². The summed E-state index contributed by atoms with van der Waals surface area (Å²) in [6.07, 6.45) is 2.72. The maximum absolute atomic E-state index is 8.90. The lowest BCUT2D eigenvalue weighted by Crippen LogP contribution is -2.28. The molecular formula is C10H15ClN2O. The van der Waals surface area contributed by atoms with E-state index in [4.69, 9.17) is 16.7 Å². The second-order valence-electron chi connectivity index (χ2n) is 3.02. The van der Waals surface area contributed by atoms with Crippen molar-refractivity contribution in [3.8, 4) is 0 Å². The number of aliphatic hydroxyl groups excluding tert-OH is 1. The van der Waals surface area contributed by atoms with E-state index in [0.29, 0.717) is 11.6 Å². The van der Waals surface area contributed by atoms with Crippen LogP contribution in [-0.4, -0.2) is 29.8 Å². The number of anilines is 1. The summed E-state index contributed by atoms with van der Waals surface area (Å²) in [6, 6.07) is 3.61. The fourth-order valence-electron chi connectivity index (χ4n) is 1.32. The zero-order chi connectivity index (χ0) is 10.4. The summed E-state index contributed by atoms with van der Waals surface area (Å²) in [5.74, 6) is 0.755. The van der Waals surface area contributed by atoms with Crippen molar-refractivity contribution in [3.63, 3.8) is 0 Å². The van der Waals surface area contributed by atoms with Gasteiger partial charge >= 0.3 is 0 Å². The van der Waals surface area contributed by atoms with E-state index in [1.807, 2.05) is 11.0 Å². The zero-order valence-corrected chi connectivity index (χ0v) is 9.04. The smallest absolute Gasteiger partial charge is 0.147 e. The predicted molar refractivity (Wildman–Crippen MR) is 58.8 cm³/mol. The van der Waals surface area contributed by atoms with Gasteiger partial charge in [-0.15, -0.1) is 0 Å². The van der Waals surface area contributed by atoms with E-state index in [9.17, 15) is 0 Å². The van der Waals surface area contributed by atoms with Crippen LogP contribution in [0.4, 0.5) is 5.82 Å². The third-order valence-corrected chi connectivity index (χ3v) is 2.20. The molecule has 0 fully saturated rings.